The summed E-state index contributed by atoms with van der Waals surface area (Å²) in [6, 6.07) is 5.88. The Morgan fingerprint density at radius 2 is 2.16 bits per heavy atom. The van der Waals surface area contributed by atoms with E-state index in [0.717, 1.165) is 48.2 Å². The minimum Gasteiger partial charge on any atom is -0.497 e. The van der Waals surface area contributed by atoms with Gasteiger partial charge in [0.1, 0.15) is 11.4 Å². The number of carbonyl (C=O) groups excluding carboxylic acids is 1. The van der Waals surface area contributed by atoms with Crippen LogP contribution in [0.2, 0.25) is 0 Å². The lowest BCUT2D eigenvalue weighted by Crippen LogP contribution is -2.39. The Labute approximate surface area is 148 Å². The summed E-state index contributed by atoms with van der Waals surface area (Å²) in [5, 5.41) is 1.05. The zero-order valence-corrected chi connectivity index (χ0v) is 15.0. The molecule has 5 nitrogen and oxygen atoms in total. The Bertz CT molecular complexity index is 773. The highest BCUT2D eigenvalue weighted by Crippen LogP contribution is 2.32. The van der Waals surface area contributed by atoms with E-state index in [4.69, 9.17) is 9.47 Å². The molecule has 1 saturated heterocycles. The summed E-state index contributed by atoms with van der Waals surface area (Å²) in [6.07, 6.45) is 4.81. The molecule has 2 aliphatic rings. The highest BCUT2D eigenvalue weighted by atomic mass is 16.5. The van der Waals surface area contributed by atoms with Crippen LogP contribution in [0.1, 0.15) is 41.7 Å². The number of H-pyrrole nitrogens is 1. The number of methoxy groups -OCH3 is 1. The second kappa shape index (κ2) is 6.71. The summed E-state index contributed by atoms with van der Waals surface area (Å²) >= 11 is 0. The van der Waals surface area contributed by atoms with Crippen molar-refractivity contribution >= 4 is 16.8 Å². The summed E-state index contributed by atoms with van der Waals surface area (Å²) in [4.78, 5) is 18.6. The summed E-state index contributed by atoms with van der Waals surface area (Å²) in [7, 11) is 1.66. The minimum atomic E-state index is 0.0927. The van der Waals surface area contributed by atoms with Crippen LogP contribution in [0.4, 0.5) is 0 Å². The Kier molecular flexibility index (Phi) is 4.42. The van der Waals surface area contributed by atoms with Crippen molar-refractivity contribution in [2.75, 3.05) is 26.8 Å². The molecule has 4 rings (SSSR count). The van der Waals surface area contributed by atoms with E-state index in [1.165, 1.54) is 12.8 Å². The fourth-order valence-corrected chi connectivity index (χ4v) is 3.69. The number of hydrogen-bond acceptors (Lipinski definition) is 3. The maximum Gasteiger partial charge on any atom is 0.270 e. The average Bonchev–Trinajstić information content (AvgIpc) is 3.18. The fourth-order valence-electron chi connectivity index (χ4n) is 3.69. The van der Waals surface area contributed by atoms with Crippen LogP contribution < -0.4 is 4.74 Å². The molecule has 1 aromatic carbocycles. The molecule has 1 amide bonds. The number of ether oxygens (including phenoxy) is 2. The molecule has 25 heavy (non-hydrogen) atoms. The van der Waals surface area contributed by atoms with Crippen molar-refractivity contribution in [2.45, 2.75) is 38.7 Å². The normalized spacial score (nSPS) is 20.2. The third kappa shape index (κ3) is 3.38. The maximum absolute atomic E-state index is 13.2. The summed E-state index contributed by atoms with van der Waals surface area (Å²) in [6.45, 7) is 4.37. The number of rotatable bonds is 6. The van der Waals surface area contributed by atoms with Gasteiger partial charge in [-0.05, 0) is 62.3 Å². The van der Waals surface area contributed by atoms with Gasteiger partial charge < -0.3 is 19.4 Å². The van der Waals surface area contributed by atoms with Crippen molar-refractivity contribution in [2.24, 2.45) is 5.92 Å². The van der Waals surface area contributed by atoms with Gasteiger partial charge in [0.2, 0.25) is 0 Å². The van der Waals surface area contributed by atoms with Crippen LogP contribution in [-0.4, -0.2) is 48.7 Å². The van der Waals surface area contributed by atoms with Gasteiger partial charge in [-0.2, -0.15) is 0 Å². The monoisotopic (exact) mass is 342 g/mol. The summed E-state index contributed by atoms with van der Waals surface area (Å²) in [5.41, 5.74) is 2.67. The first kappa shape index (κ1) is 16.5. The highest BCUT2D eigenvalue weighted by molar-refractivity contribution is 6.01. The molecule has 1 aliphatic carbocycles. The van der Waals surface area contributed by atoms with Crippen molar-refractivity contribution in [3.8, 4) is 5.75 Å². The number of fused-ring (bicyclic) bond motifs is 1. The molecule has 0 radical (unpaired) electrons. The molecule has 0 unspecified atom stereocenters. The average molecular weight is 342 g/mol. The Balaban J connectivity index is 1.61. The lowest BCUT2D eigenvalue weighted by molar-refractivity contribution is 0.0511. The molecule has 134 valence electrons. The third-order valence-electron chi connectivity index (χ3n) is 5.39. The summed E-state index contributed by atoms with van der Waals surface area (Å²) in [5.74, 6) is 1.56. The highest BCUT2D eigenvalue weighted by Gasteiger charge is 2.31. The van der Waals surface area contributed by atoms with E-state index in [0.29, 0.717) is 18.2 Å². The molecule has 1 atom stereocenters. The molecular weight excluding hydrogens is 316 g/mol. The molecule has 2 fully saturated rings. The number of aryl methyl sites for hydroxylation is 1. The van der Waals surface area contributed by atoms with Gasteiger partial charge in [-0.1, -0.05) is 0 Å². The van der Waals surface area contributed by atoms with Crippen LogP contribution in [0.25, 0.3) is 10.9 Å². The van der Waals surface area contributed by atoms with Crippen LogP contribution in [0.15, 0.2) is 18.2 Å². The van der Waals surface area contributed by atoms with Crippen molar-refractivity contribution in [1.82, 2.24) is 9.88 Å². The van der Waals surface area contributed by atoms with E-state index in [-0.39, 0.29) is 12.0 Å². The number of benzene rings is 1. The van der Waals surface area contributed by atoms with Gasteiger partial charge in [-0.15, -0.1) is 0 Å². The van der Waals surface area contributed by atoms with Crippen LogP contribution >= 0.6 is 0 Å². The quantitative estimate of drug-likeness (QED) is 0.874. The predicted octanol–water partition coefficient (Wildman–Crippen LogP) is 3.52. The summed E-state index contributed by atoms with van der Waals surface area (Å²) < 4.78 is 11.1. The number of carbonyl (C=O) groups is 1. The first-order valence-electron chi connectivity index (χ1n) is 9.23. The zero-order valence-electron chi connectivity index (χ0n) is 15.0. The molecule has 2 heterocycles. The second-order valence-electron chi connectivity index (χ2n) is 7.33. The van der Waals surface area contributed by atoms with Crippen LogP contribution in [0.3, 0.4) is 0 Å². The largest absolute Gasteiger partial charge is 0.497 e. The van der Waals surface area contributed by atoms with Crippen LogP contribution in [0, 0.1) is 12.8 Å². The zero-order chi connectivity index (χ0) is 17.4. The van der Waals surface area contributed by atoms with Crippen molar-refractivity contribution in [3.05, 3.63) is 29.5 Å². The Morgan fingerprint density at radius 3 is 2.84 bits per heavy atom. The lowest BCUT2D eigenvalue weighted by atomic mass is 10.1. The number of amides is 1. The van der Waals surface area contributed by atoms with E-state index in [1.807, 2.05) is 30.0 Å². The van der Waals surface area contributed by atoms with Crippen LogP contribution in [0.5, 0.6) is 5.75 Å². The molecule has 1 N–H and O–H groups in total. The number of nitrogens with zero attached hydrogens (tertiary/aromatic N) is 1. The maximum atomic E-state index is 13.2. The third-order valence-corrected chi connectivity index (χ3v) is 5.39. The van der Waals surface area contributed by atoms with E-state index in [1.54, 1.807) is 7.11 Å². The van der Waals surface area contributed by atoms with E-state index in [9.17, 15) is 4.79 Å². The van der Waals surface area contributed by atoms with E-state index in [2.05, 4.69) is 4.98 Å². The lowest BCUT2D eigenvalue weighted by Gasteiger charge is -2.25. The van der Waals surface area contributed by atoms with Crippen molar-refractivity contribution in [1.29, 1.82) is 0 Å². The molecular formula is C20H26N2O3. The Morgan fingerprint density at radius 1 is 1.32 bits per heavy atom. The van der Waals surface area contributed by atoms with Gasteiger partial charge in [0.05, 0.1) is 13.2 Å². The van der Waals surface area contributed by atoms with Crippen molar-refractivity contribution in [3.63, 3.8) is 0 Å². The van der Waals surface area contributed by atoms with E-state index < -0.39 is 0 Å². The number of aromatic amines is 1. The van der Waals surface area contributed by atoms with Gasteiger partial charge in [-0.3, -0.25) is 4.79 Å². The molecule has 2 aromatic rings. The fraction of sp³-hybridized carbons (Fsp3) is 0.550. The molecule has 5 heteroatoms. The molecule has 0 bridgehead atoms. The van der Waals surface area contributed by atoms with E-state index >= 15 is 0 Å². The first-order chi connectivity index (χ1) is 12.2. The predicted molar refractivity (Wildman–Crippen MR) is 97.2 cm³/mol. The molecule has 1 aliphatic heterocycles. The smallest absolute Gasteiger partial charge is 0.270 e. The molecule has 1 saturated carbocycles. The van der Waals surface area contributed by atoms with Gasteiger partial charge >= 0.3 is 0 Å². The van der Waals surface area contributed by atoms with Gasteiger partial charge in [0, 0.05) is 30.6 Å². The number of nitrogens with one attached hydrogen (secondary N) is 1. The van der Waals surface area contributed by atoms with Crippen LogP contribution in [-0.2, 0) is 4.74 Å². The Hall–Kier alpha value is -2.01. The topological polar surface area (TPSA) is 54.6 Å². The number of aromatic nitrogens is 1. The standard InChI is InChI=1S/C20H26N2O3/c1-13-17-10-15(24-2)7-8-18(17)21-19(13)20(23)22(11-14-5-6-14)12-16-4-3-9-25-16/h7-8,10,14,16,21H,3-6,9,11-12H2,1-2H3/t16-/m0/s1. The molecule has 1 aromatic heterocycles. The number of hydrogen-bond donors (Lipinski definition) is 1. The van der Waals surface area contributed by atoms with Gasteiger partial charge in [0.25, 0.3) is 5.91 Å². The molecule has 0 spiro atoms. The van der Waals surface area contributed by atoms with Gasteiger partial charge in [0.15, 0.2) is 0 Å². The minimum absolute atomic E-state index is 0.0927. The SMILES string of the molecule is COc1ccc2[nH]c(C(=O)N(CC3CC3)C[C@@H]3CCCO3)c(C)c2c1. The first-order valence-corrected chi connectivity index (χ1v) is 9.23. The van der Waals surface area contributed by atoms with Crippen molar-refractivity contribution < 1.29 is 14.3 Å². The second-order valence-corrected chi connectivity index (χ2v) is 7.33. The van der Waals surface area contributed by atoms with Gasteiger partial charge in [-0.25, -0.2) is 0 Å².